The largest absolute Gasteiger partial charge is 0.402 e. The fraction of sp³-hybridized carbons (Fsp3) is 1.00. The van der Waals surface area contributed by atoms with Crippen LogP contribution in [0.4, 0.5) is 26.3 Å². The van der Waals surface area contributed by atoms with E-state index in [-0.39, 0.29) is 24.1 Å². The molecule has 0 rings (SSSR count). The van der Waals surface area contributed by atoms with E-state index >= 15 is 0 Å². The van der Waals surface area contributed by atoms with Gasteiger partial charge in [-0.1, -0.05) is 0 Å². The summed E-state index contributed by atoms with van der Waals surface area (Å²) >= 11 is -0.0685. The van der Waals surface area contributed by atoms with Crippen molar-refractivity contribution in [3.8, 4) is 0 Å². The molecule has 0 spiro atoms. The highest BCUT2D eigenvalue weighted by Gasteiger charge is 2.40. The maximum Gasteiger partial charge on any atom is 0.402 e. The number of halogens is 6. The van der Waals surface area contributed by atoms with Gasteiger partial charge in [0.2, 0.25) is 0 Å². The van der Waals surface area contributed by atoms with E-state index in [1.807, 2.05) is 0 Å². The van der Waals surface area contributed by atoms with Crippen LogP contribution in [0.15, 0.2) is 0 Å². The molecule has 0 N–H and O–H groups in total. The molecule has 2 atom stereocenters. The Morgan fingerprint density at radius 3 is 1.27 bits per heavy atom. The quantitative estimate of drug-likeness (QED) is 0.561. The van der Waals surface area contributed by atoms with Gasteiger partial charge in [-0.2, -0.15) is 26.3 Å². The third-order valence-corrected chi connectivity index (χ3v) is 3.03. The molecule has 0 saturated heterocycles. The first-order chi connectivity index (χ1) is 6.55. The zero-order valence-corrected chi connectivity index (χ0v) is 9.28. The average Bonchev–Trinajstić information content (AvgIpc) is 2.00. The molecule has 15 heavy (non-hydrogen) atoms. The topological polar surface area (TPSA) is 9.23 Å². The number of hydrogen-bond donors (Lipinski definition) is 0. The van der Waals surface area contributed by atoms with Crippen molar-refractivity contribution in [1.82, 2.24) is 0 Å². The van der Waals surface area contributed by atoms with Crippen molar-refractivity contribution in [2.75, 3.05) is 0 Å². The molecule has 2 unspecified atom stereocenters. The molecule has 0 amide bonds. The second kappa shape index (κ2) is 5.53. The summed E-state index contributed by atoms with van der Waals surface area (Å²) in [6.07, 6.45) is -8.96. The molecule has 0 heterocycles. The smallest absolute Gasteiger partial charge is 0.246 e. The zero-order chi connectivity index (χ0) is 12.3. The SMILES string of the molecule is CC(SOSC(C)C(F)(F)F)C(F)(F)F. The summed E-state index contributed by atoms with van der Waals surface area (Å²) in [5, 5.41) is -3.71. The maximum atomic E-state index is 11.9. The molecule has 0 bridgehead atoms. The van der Waals surface area contributed by atoms with Gasteiger partial charge in [0.25, 0.3) is 0 Å². The van der Waals surface area contributed by atoms with Gasteiger partial charge < -0.3 is 0 Å². The lowest BCUT2D eigenvalue weighted by Crippen LogP contribution is -2.24. The van der Waals surface area contributed by atoms with Crippen LogP contribution in [0.3, 0.4) is 0 Å². The Bertz CT molecular complexity index is 171. The number of rotatable bonds is 4. The Kier molecular flexibility index (Phi) is 5.62. The van der Waals surface area contributed by atoms with E-state index in [4.69, 9.17) is 0 Å². The van der Waals surface area contributed by atoms with Gasteiger partial charge in [-0.05, 0) is 13.8 Å². The minimum absolute atomic E-state index is 0.0343. The summed E-state index contributed by atoms with van der Waals surface area (Å²) in [4.78, 5) is 0. The first kappa shape index (κ1) is 15.2. The normalized spacial score (nSPS) is 17.6. The number of alkyl halides is 6. The molecule has 92 valence electrons. The van der Waals surface area contributed by atoms with Crippen molar-refractivity contribution in [3.63, 3.8) is 0 Å². The standard InChI is InChI=1S/C6H8F6OS2/c1-3(5(7,8)9)14-13-15-4(2)6(10,11)12/h3-4H,1-2H3. The molecule has 0 aliphatic heterocycles. The first-order valence-electron chi connectivity index (χ1n) is 3.67. The summed E-state index contributed by atoms with van der Waals surface area (Å²) in [5.74, 6) is 0. The predicted octanol–water partition coefficient (Wildman–Crippen LogP) is 4.20. The molecule has 9 heteroatoms. The summed E-state index contributed by atoms with van der Waals surface area (Å²) < 4.78 is 75.5. The molecule has 0 aliphatic carbocycles. The van der Waals surface area contributed by atoms with E-state index < -0.39 is 22.9 Å². The number of hydrogen-bond acceptors (Lipinski definition) is 3. The summed E-state index contributed by atoms with van der Waals surface area (Å²) in [6, 6.07) is 0. The zero-order valence-electron chi connectivity index (χ0n) is 7.65. The lowest BCUT2D eigenvalue weighted by atomic mass is 10.5. The Morgan fingerprint density at radius 1 is 0.800 bits per heavy atom. The van der Waals surface area contributed by atoms with Crippen LogP contribution in [-0.4, -0.2) is 22.9 Å². The molecule has 0 aromatic rings. The molecule has 0 fully saturated rings. The van der Waals surface area contributed by atoms with Gasteiger partial charge in [0.1, 0.15) is 10.5 Å². The van der Waals surface area contributed by atoms with Crippen LogP contribution in [0.1, 0.15) is 13.8 Å². The van der Waals surface area contributed by atoms with Crippen molar-refractivity contribution in [2.45, 2.75) is 36.7 Å². The van der Waals surface area contributed by atoms with Gasteiger partial charge in [0.05, 0.1) is 0 Å². The monoisotopic (exact) mass is 274 g/mol. The molecule has 1 nitrogen and oxygen atoms in total. The summed E-state index contributed by atoms with van der Waals surface area (Å²) in [6.45, 7) is 1.62. The highest BCUT2D eigenvalue weighted by molar-refractivity contribution is 8.08. The molecule has 0 aromatic heterocycles. The van der Waals surface area contributed by atoms with Crippen molar-refractivity contribution in [1.29, 1.82) is 0 Å². The average molecular weight is 274 g/mol. The van der Waals surface area contributed by atoms with Crippen LogP contribution in [0.2, 0.25) is 0 Å². The lowest BCUT2D eigenvalue weighted by molar-refractivity contribution is -0.125. The van der Waals surface area contributed by atoms with Crippen LogP contribution in [-0.2, 0) is 3.63 Å². The van der Waals surface area contributed by atoms with Crippen molar-refractivity contribution < 1.29 is 30.0 Å². The van der Waals surface area contributed by atoms with E-state index in [1.165, 1.54) is 0 Å². The van der Waals surface area contributed by atoms with Gasteiger partial charge in [-0.25, -0.2) is 3.63 Å². The van der Waals surface area contributed by atoms with Crippen LogP contribution < -0.4 is 0 Å². The van der Waals surface area contributed by atoms with Crippen molar-refractivity contribution in [2.24, 2.45) is 0 Å². The predicted molar refractivity (Wildman–Crippen MR) is 47.3 cm³/mol. The minimum Gasteiger partial charge on any atom is -0.246 e. The Balaban J connectivity index is 3.81. The maximum absolute atomic E-state index is 11.9. The van der Waals surface area contributed by atoms with Crippen LogP contribution >= 0.6 is 24.1 Å². The van der Waals surface area contributed by atoms with Crippen LogP contribution in [0.25, 0.3) is 0 Å². The molecular weight excluding hydrogens is 266 g/mol. The van der Waals surface area contributed by atoms with Gasteiger partial charge in [0.15, 0.2) is 0 Å². The first-order valence-corrected chi connectivity index (χ1v) is 5.28. The highest BCUT2D eigenvalue weighted by Crippen LogP contribution is 2.37. The minimum atomic E-state index is -4.48. The second-order valence-electron chi connectivity index (χ2n) is 2.63. The van der Waals surface area contributed by atoms with E-state index in [1.54, 1.807) is 0 Å². The van der Waals surface area contributed by atoms with Crippen LogP contribution in [0, 0.1) is 0 Å². The van der Waals surface area contributed by atoms with E-state index in [0.29, 0.717) is 0 Å². The van der Waals surface area contributed by atoms with E-state index in [9.17, 15) is 26.3 Å². The van der Waals surface area contributed by atoms with E-state index in [0.717, 1.165) is 13.8 Å². The van der Waals surface area contributed by atoms with Gasteiger partial charge in [-0.15, -0.1) is 0 Å². The lowest BCUT2D eigenvalue weighted by Gasteiger charge is -2.16. The van der Waals surface area contributed by atoms with Crippen molar-refractivity contribution in [3.05, 3.63) is 0 Å². The van der Waals surface area contributed by atoms with E-state index in [2.05, 4.69) is 3.63 Å². The van der Waals surface area contributed by atoms with Gasteiger partial charge in [-0.3, -0.25) is 0 Å². The Morgan fingerprint density at radius 2 is 1.07 bits per heavy atom. The van der Waals surface area contributed by atoms with Gasteiger partial charge in [0, 0.05) is 24.1 Å². The molecule has 0 aromatic carbocycles. The Labute approximate surface area is 91.3 Å². The molecule has 0 aliphatic rings. The van der Waals surface area contributed by atoms with Gasteiger partial charge >= 0.3 is 12.4 Å². The van der Waals surface area contributed by atoms with Crippen LogP contribution in [0.5, 0.6) is 0 Å². The third kappa shape index (κ3) is 6.41. The molecule has 0 radical (unpaired) electrons. The Hall–Kier alpha value is 0.240. The highest BCUT2D eigenvalue weighted by atomic mass is 32.2. The fourth-order valence-electron chi connectivity index (χ4n) is 0.250. The fourth-order valence-corrected chi connectivity index (χ4v) is 1.59. The van der Waals surface area contributed by atoms with Crippen molar-refractivity contribution >= 4 is 24.1 Å². The summed E-state index contributed by atoms with van der Waals surface area (Å²) in [7, 11) is 0. The summed E-state index contributed by atoms with van der Waals surface area (Å²) in [5.41, 5.74) is 0. The molecular formula is C6H8F6OS2. The third-order valence-electron chi connectivity index (χ3n) is 1.29. The molecule has 0 saturated carbocycles. The second-order valence-corrected chi connectivity index (χ2v) is 4.97.